The second kappa shape index (κ2) is 26.5. The summed E-state index contributed by atoms with van der Waals surface area (Å²) in [5, 5.41) is 30.6. The van der Waals surface area contributed by atoms with E-state index in [4.69, 9.17) is 0 Å². The van der Waals surface area contributed by atoms with Gasteiger partial charge in [0, 0.05) is 11.9 Å². The van der Waals surface area contributed by atoms with Crippen molar-refractivity contribution in [3.8, 4) is 0 Å². The summed E-state index contributed by atoms with van der Waals surface area (Å²) < 4.78 is 0.181. The van der Waals surface area contributed by atoms with Gasteiger partial charge in [0.15, 0.2) is 0 Å². The number of aliphatic carboxylic acids is 3. The highest BCUT2D eigenvalue weighted by atomic mass is 16.4. The topological polar surface area (TPSA) is 115 Å². The average molecular weight is 610 g/mol. The fourth-order valence-corrected chi connectivity index (χ4v) is 6.23. The first kappa shape index (κ1) is 41.1. The van der Waals surface area contributed by atoms with E-state index in [9.17, 15) is 29.7 Å². The maximum atomic E-state index is 11.6. The third-order valence-corrected chi connectivity index (χ3v) is 8.87. The van der Waals surface area contributed by atoms with Gasteiger partial charge in [-0.2, -0.15) is 0 Å². The molecule has 0 aliphatic rings. The third-order valence-electron chi connectivity index (χ3n) is 8.87. The van der Waals surface area contributed by atoms with Crippen LogP contribution >= 0.6 is 0 Å². The predicted molar refractivity (Wildman–Crippen MR) is 175 cm³/mol. The van der Waals surface area contributed by atoms with Crippen molar-refractivity contribution in [3.05, 3.63) is 12.2 Å². The molecule has 0 spiro atoms. The summed E-state index contributed by atoms with van der Waals surface area (Å²) in [6, 6.07) is 0. The van der Waals surface area contributed by atoms with Gasteiger partial charge in [-0.3, -0.25) is 9.59 Å². The van der Waals surface area contributed by atoms with Gasteiger partial charge in [-0.15, -0.1) is 0 Å². The largest absolute Gasteiger partial charge is 0.550 e. The lowest BCUT2D eigenvalue weighted by Crippen LogP contribution is -2.58. The number of carbonyl (C=O) groups excluding carboxylic acids is 1. The van der Waals surface area contributed by atoms with Gasteiger partial charge in [0.05, 0.1) is 26.2 Å². The van der Waals surface area contributed by atoms with Gasteiger partial charge in [-0.25, -0.2) is 0 Å². The van der Waals surface area contributed by atoms with Gasteiger partial charge in [-0.1, -0.05) is 116 Å². The molecule has 0 amide bonds. The number of carboxylic acid groups (broad SMARTS) is 3. The molecular formula is C36H67NO6. The van der Waals surface area contributed by atoms with Crippen LogP contribution in [0.1, 0.15) is 156 Å². The predicted octanol–water partition coefficient (Wildman–Crippen LogP) is 8.01. The van der Waals surface area contributed by atoms with Gasteiger partial charge in [0.1, 0.15) is 11.8 Å². The minimum absolute atomic E-state index is 0.181. The molecule has 0 heterocycles. The van der Waals surface area contributed by atoms with E-state index in [0.717, 1.165) is 32.1 Å². The Morgan fingerprint density at radius 1 is 0.558 bits per heavy atom. The molecule has 0 aliphatic heterocycles. The molecule has 0 aromatic rings. The van der Waals surface area contributed by atoms with Crippen molar-refractivity contribution < 1.29 is 34.2 Å². The highest BCUT2D eigenvalue weighted by Gasteiger charge is 2.36. The number of allylic oxidation sites excluding steroid dienone is 2. The van der Waals surface area contributed by atoms with Gasteiger partial charge in [0.25, 0.3) is 0 Å². The molecule has 0 saturated heterocycles. The summed E-state index contributed by atoms with van der Waals surface area (Å²) in [5.41, 5.74) is 0. The number of carboxylic acids is 3. The van der Waals surface area contributed by atoms with E-state index in [0.29, 0.717) is 6.54 Å². The summed E-state index contributed by atoms with van der Waals surface area (Å²) in [6.45, 7) is 8.25. The Hall–Kier alpha value is -1.89. The normalized spacial score (nSPS) is 15.3. The Kier molecular flexibility index (Phi) is 25.3. The van der Waals surface area contributed by atoms with E-state index in [1.807, 2.05) is 0 Å². The van der Waals surface area contributed by atoms with Crippen LogP contribution in [0.4, 0.5) is 0 Å². The fraction of sp³-hybridized carbons (Fsp3) is 0.861. The van der Waals surface area contributed by atoms with Gasteiger partial charge >= 0.3 is 11.9 Å². The van der Waals surface area contributed by atoms with Crippen molar-refractivity contribution in [1.29, 1.82) is 0 Å². The Bertz CT molecular complexity index is 697. The molecule has 252 valence electrons. The van der Waals surface area contributed by atoms with Gasteiger partial charge in [0.2, 0.25) is 0 Å². The zero-order valence-corrected chi connectivity index (χ0v) is 28.3. The molecule has 0 fully saturated rings. The first-order chi connectivity index (χ1) is 20.5. The Balaban J connectivity index is 4.18. The lowest BCUT2D eigenvalue weighted by molar-refractivity contribution is -0.934. The number of hydrogen-bond acceptors (Lipinski definition) is 4. The molecule has 0 saturated carbocycles. The van der Waals surface area contributed by atoms with E-state index in [2.05, 4.69) is 19.1 Å². The molecule has 2 N–H and O–H groups in total. The van der Waals surface area contributed by atoms with Crippen molar-refractivity contribution >= 4 is 17.9 Å². The maximum absolute atomic E-state index is 11.6. The van der Waals surface area contributed by atoms with Crippen LogP contribution in [-0.4, -0.2) is 58.8 Å². The number of carbonyl (C=O) groups is 3. The summed E-state index contributed by atoms with van der Waals surface area (Å²) in [5.74, 6) is -5.25. The molecule has 7 nitrogen and oxygen atoms in total. The van der Waals surface area contributed by atoms with Crippen LogP contribution in [0.2, 0.25) is 0 Å². The molecule has 0 rings (SSSR count). The first-order valence-corrected chi connectivity index (χ1v) is 17.7. The van der Waals surface area contributed by atoms with Crippen molar-refractivity contribution in [2.24, 2.45) is 17.8 Å². The highest BCUT2D eigenvalue weighted by molar-refractivity contribution is 5.70. The quantitative estimate of drug-likeness (QED) is 0.0467. The summed E-state index contributed by atoms with van der Waals surface area (Å²) >= 11 is 0. The van der Waals surface area contributed by atoms with Crippen LogP contribution in [0.15, 0.2) is 12.2 Å². The van der Waals surface area contributed by atoms with Gasteiger partial charge < -0.3 is 24.6 Å². The Morgan fingerprint density at radius 3 is 1.23 bits per heavy atom. The molecule has 0 aromatic carbocycles. The molecule has 7 heteroatoms. The second-order valence-corrected chi connectivity index (χ2v) is 13.4. The zero-order chi connectivity index (χ0) is 32.3. The number of rotatable bonds is 31. The minimum Gasteiger partial charge on any atom is -0.550 e. The monoisotopic (exact) mass is 609 g/mol. The standard InChI is InChI=1S/C36H67NO6/c1-5-6-7-8-9-10-11-12-13-14-15-16-17-18-19-20-21-22-23-24-25-26-27-37(28-31(2)34(38)39,29-32(3)35(40)41)30-33(4)36(42)43/h18-19,31-33H,5-17,20-30H2,1-4H3,(H2-,38,39,40,41,42,43)/b19-18+. The first-order valence-electron chi connectivity index (χ1n) is 17.7. The van der Waals surface area contributed by atoms with E-state index >= 15 is 0 Å². The van der Waals surface area contributed by atoms with Crippen LogP contribution in [0, 0.1) is 17.8 Å². The Morgan fingerprint density at radius 2 is 0.884 bits per heavy atom. The third kappa shape index (κ3) is 23.2. The smallest absolute Gasteiger partial charge is 0.311 e. The fourth-order valence-electron chi connectivity index (χ4n) is 6.23. The number of unbranched alkanes of at least 4 members (excludes halogenated alkanes) is 18. The van der Waals surface area contributed by atoms with Crippen molar-refractivity contribution in [3.63, 3.8) is 0 Å². The van der Waals surface area contributed by atoms with Crippen molar-refractivity contribution in [2.45, 2.75) is 156 Å². The highest BCUT2D eigenvalue weighted by Crippen LogP contribution is 2.22. The van der Waals surface area contributed by atoms with Gasteiger partial charge in [-0.05, 0) is 52.4 Å². The Labute approximate surface area is 264 Å². The average Bonchev–Trinajstić information content (AvgIpc) is 2.95. The summed E-state index contributed by atoms with van der Waals surface area (Å²) in [6.07, 6.45) is 30.0. The molecular weight excluding hydrogens is 542 g/mol. The number of nitrogens with zero attached hydrogens (tertiary/aromatic N) is 1. The maximum Gasteiger partial charge on any atom is 0.311 e. The van der Waals surface area contributed by atoms with Crippen LogP contribution in [0.3, 0.4) is 0 Å². The SMILES string of the molecule is CCCCCCCCCCCCCC/C=C/CCCCCCCC[N+](CC(C)C(=O)[O-])(CC(C)C(=O)O)CC(C)C(=O)O. The van der Waals surface area contributed by atoms with Crippen LogP contribution in [0.25, 0.3) is 0 Å². The zero-order valence-electron chi connectivity index (χ0n) is 28.3. The summed E-state index contributed by atoms with van der Waals surface area (Å²) in [7, 11) is 0. The van der Waals surface area contributed by atoms with Crippen molar-refractivity contribution in [2.75, 3.05) is 26.2 Å². The summed E-state index contributed by atoms with van der Waals surface area (Å²) in [4.78, 5) is 34.8. The number of hydrogen-bond donors (Lipinski definition) is 2. The molecule has 0 aromatic heterocycles. The molecule has 3 unspecified atom stereocenters. The molecule has 0 radical (unpaired) electrons. The number of quaternary nitrogens is 1. The van der Waals surface area contributed by atoms with E-state index in [-0.39, 0.29) is 24.1 Å². The van der Waals surface area contributed by atoms with E-state index in [1.165, 1.54) is 96.3 Å². The second-order valence-electron chi connectivity index (χ2n) is 13.4. The van der Waals surface area contributed by atoms with Crippen LogP contribution in [0.5, 0.6) is 0 Å². The molecule has 43 heavy (non-hydrogen) atoms. The van der Waals surface area contributed by atoms with E-state index in [1.54, 1.807) is 20.8 Å². The molecule has 0 bridgehead atoms. The molecule has 3 atom stereocenters. The molecule has 0 aliphatic carbocycles. The van der Waals surface area contributed by atoms with E-state index < -0.39 is 35.7 Å². The lowest BCUT2D eigenvalue weighted by Gasteiger charge is -2.43. The minimum atomic E-state index is -1.18. The van der Waals surface area contributed by atoms with Crippen molar-refractivity contribution in [1.82, 2.24) is 0 Å². The van der Waals surface area contributed by atoms with Crippen LogP contribution < -0.4 is 5.11 Å². The lowest BCUT2D eigenvalue weighted by atomic mass is 10.0. The van der Waals surface area contributed by atoms with Crippen LogP contribution in [-0.2, 0) is 14.4 Å².